The lowest BCUT2D eigenvalue weighted by Crippen LogP contribution is -1.83. The summed E-state index contributed by atoms with van der Waals surface area (Å²) in [5.41, 5.74) is 4.35. The third-order valence-electron chi connectivity index (χ3n) is 2.89. The highest BCUT2D eigenvalue weighted by molar-refractivity contribution is 5.81. The summed E-state index contributed by atoms with van der Waals surface area (Å²) in [6, 6.07) is 18.6. The molecule has 0 unspecified atom stereocenters. The van der Waals surface area contributed by atoms with Crippen molar-refractivity contribution in [2.45, 2.75) is 6.92 Å². The van der Waals surface area contributed by atoms with E-state index in [9.17, 15) is 0 Å². The molecule has 0 bridgehead atoms. The highest BCUT2D eigenvalue weighted by Crippen LogP contribution is 2.23. The molecule has 92 valence electrons. The molecule has 19 heavy (non-hydrogen) atoms. The molecule has 0 spiro atoms. The van der Waals surface area contributed by atoms with Gasteiger partial charge < -0.3 is 0 Å². The van der Waals surface area contributed by atoms with Crippen LogP contribution in [0, 0.1) is 12.3 Å². The predicted molar refractivity (Wildman–Crippen MR) is 83.5 cm³/mol. The van der Waals surface area contributed by atoms with Gasteiger partial charge in [-0.15, -0.1) is 6.42 Å². The molecule has 0 heteroatoms. The number of allylic oxidation sites excluding steroid dienone is 4. The van der Waals surface area contributed by atoms with Gasteiger partial charge in [-0.3, -0.25) is 0 Å². The first-order chi connectivity index (χ1) is 9.35. The first-order valence-electron chi connectivity index (χ1n) is 6.30. The van der Waals surface area contributed by atoms with E-state index in [0.717, 1.165) is 11.1 Å². The van der Waals surface area contributed by atoms with E-state index in [2.05, 4.69) is 30.2 Å². The van der Waals surface area contributed by atoms with E-state index < -0.39 is 0 Å². The second kappa shape index (κ2) is 6.42. The van der Waals surface area contributed by atoms with Gasteiger partial charge in [0.25, 0.3) is 0 Å². The zero-order valence-electron chi connectivity index (χ0n) is 11.0. The van der Waals surface area contributed by atoms with Gasteiger partial charge >= 0.3 is 0 Å². The zero-order chi connectivity index (χ0) is 13.5. The Hall–Kier alpha value is -2.52. The molecule has 0 aliphatic rings. The van der Waals surface area contributed by atoms with Crippen molar-refractivity contribution in [1.82, 2.24) is 0 Å². The maximum atomic E-state index is 5.58. The fourth-order valence-corrected chi connectivity index (χ4v) is 1.92. The van der Waals surface area contributed by atoms with Gasteiger partial charge in [0, 0.05) is 5.57 Å². The standard InChI is InChI=1S/C19H16/c1-3-5-10-16(4-2)18-13-9-14-19(15-18)17-11-7-6-8-12-17/h2-3,5-15H,1H3. The molecule has 0 saturated carbocycles. The summed E-state index contributed by atoms with van der Waals surface area (Å²) in [4.78, 5) is 0. The van der Waals surface area contributed by atoms with Crippen LogP contribution < -0.4 is 0 Å². The summed E-state index contributed by atoms with van der Waals surface area (Å²) in [6.07, 6.45) is 11.5. The minimum absolute atomic E-state index is 0.899. The Morgan fingerprint density at radius 2 is 1.74 bits per heavy atom. The minimum atomic E-state index is 0.899. The quantitative estimate of drug-likeness (QED) is 0.529. The molecule has 2 rings (SSSR count). The van der Waals surface area contributed by atoms with E-state index in [1.807, 2.05) is 55.5 Å². The normalized spacial score (nSPS) is 11.5. The fraction of sp³-hybridized carbons (Fsp3) is 0.0526. The van der Waals surface area contributed by atoms with Gasteiger partial charge in [0.1, 0.15) is 0 Å². The lowest BCUT2D eigenvalue weighted by molar-refractivity contribution is 1.58. The Morgan fingerprint density at radius 1 is 1.00 bits per heavy atom. The number of hydrogen-bond donors (Lipinski definition) is 0. The number of terminal acetylenes is 1. The molecule has 0 radical (unpaired) electrons. The molecule has 2 aromatic carbocycles. The van der Waals surface area contributed by atoms with Gasteiger partial charge in [-0.2, -0.15) is 0 Å². The topological polar surface area (TPSA) is 0 Å². The molecule has 0 saturated heterocycles. The van der Waals surface area contributed by atoms with E-state index in [4.69, 9.17) is 6.42 Å². The van der Waals surface area contributed by atoms with Crippen LogP contribution in [0.15, 0.2) is 72.8 Å². The molecule has 0 amide bonds. The summed E-state index contributed by atoms with van der Waals surface area (Å²) in [5, 5.41) is 0. The molecule has 0 aromatic heterocycles. The highest BCUT2D eigenvalue weighted by atomic mass is 14.0. The molecule has 0 nitrogen and oxygen atoms in total. The lowest BCUT2D eigenvalue weighted by atomic mass is 9.99. The lowest BCUT2D eigenvalue weighted by Gasteiger charge is -2.05. The Balaban J connectivity index is 2.43. The minimum Gasteiger partial charge on any atom is -0.115 e. The van der Waals surface area contributed by atoms with Crippen molar-refractivity contribution in [2.75, 3.05) is 0 Å². The van der Waals surface area contributed by atoms with Crippen LogP contribution in [0.5, 0.6) is 0 Å². The molecular weight excluding hydrogens is 228 g/mol. The molecule has 0 aliphatic heterocycles. The summed E-state index contributed by atoms with van der Waals surface area (Å²) in [6.45, 7) is 1.98. The summed E-state index contributed by atoms with van der Waals surface area (Å²) < 4.78 is 0. The van der Waals surface area contributed by atoms with Crippen LogP contribution in [-0.2, 0) is 0 Å². The number of rotatable bonds is 3. The average Bonchev–Trinajstić information content (AvgIpc) is 2.49. The third-order valence-corrected chi connectivity index (χ3v) is 2.89. The van der Waals surface area contributed by atoms with Crippen molar-refractivity contribution in [2.24, 2.45) is 0 Å². The van der Waals surface area contributed by atoms with Crippen LogP contribution in [0.2, 0.25) is 0 Å². The van der Waals surface area contributed by atoms with Crippen molar-refractivity contribution in [3.8, 4) is 23.5 Å². The molecule has 0 heterocycles. The van der Waals surface area contributed by atoms with E-state index in [-0.39, 0.29) is 0 Å². The summed E-state index contributed by atoms with van der Waals surface area (Å²) in [5.74, 6) is 2.74. The second-order valence-electron chi connectivity index (χ2n) is 4.20. The Kier molecular flexibility index (Phi) is 4.37. The maximum Gasteiger partial charge on any atom is 0.0315 e. The summed E-state index contributed by atoms with van der Waals surface area (Å²) >= 11 is 0. The molecule has 0 atom stereocenters. The van der Waals surface area contributed by atoms with Crippen LogP contribution in [0.3, 0.4) is 0 Å². The molecule has 0 aliphatic carbocycles. The van der Waals surface area contributed by atoms with Crippen molar-refractivity contribution in [3.05, 3.63) is 78.4 Å². The first kappa shape index (κ1) is 12.9. The van der Waals surface area contributed by atoms with Crippen LogP contribution in [0.25, 0.3) is 16.7 Å². The fourth-order valence-electron chi connectivity index (χ4n) is 1.92. The van der Waals surface area contributed by atoms with Crippen molar-refractivity contribution in [1.29, 1.82) is 0 Å². The second-order valence-corrected chi connectivity index (χ2v) is 4.20. The number of benzene rings is 2. The molecule has 2 aromatic rings. The Bertz CT molecular complexity index is 637. The van der Waals surface area contributed by atoms with Crippen LogP contribution in [-0.4, -0.2) is 0 Å². The van der Waals surface area contributed by atoms with Gasteiger partial charge in [0.15, 0.2) is 0 Å². The van der Waals surface area contributed by atoms with E-state index in [1.54, 1.807) is 0 Å². The van der Waals surface area contributed by atoms with Gasteiger partial charge in [-0.1, -0.05) is 66.6 Å². The third kappa shape index (κ3) is 3.24. The highest BCUT2D eigenvalue weighted by Gasteiger charge is 2.01. The smallest absolute Gasteiger partial charge is 0.0315 e. The summed E-state index contributed by atoms with van der Waals surface area (Å²) in [7, 11) is 0. The average molecular weight is 244 g/mol. The monoisotopic (exact) mass is 244 g/mol. The molecule has 0 fully saturated rings. The predicted octanol–water partition coefficient (Wildman–Crippen LogP) is 4.95. The molecule has 0 N–H and O–H groups in total. The maximum absolute atomic E-state index is 5.58. The van der Waals surface area contributed by atoms with Gasteiger partial charge in [0.05, 0.1) is 0 Å². The molecular formula is C19H16. The largest absolute Gasteiger partial charge is 0.115 e. The first-order valence-corrected chi connectivity index (χ1v) is 6.30. The van der Waals surface area contributed by atoms with E-state index in [0.29, 0.717) is 0 Å². The van der Waals surface area contributed by atoms with Gasteiger partial charge in [-0.05, 0) is 35.8 Å². The van der Waals surface area contributed by atoms with E-state index >= 15 is 0 Å². The van der Waals surface area contributed by atoms with Crippen molar-refractivity contribution >= 4 is 5.57 Å². The van der Waals surface area contributed by atoms with Gasteiger partial charge in [-0.25, -0.2) is 0 Å². The Labute approximate surface area is 115 Å². The van der Waals surface area contributed by atoms with Crippen LogP contribution >= 0.6 is 0 Å². The SMILES string of the molecule is C#CC(=CC=CC)c1cccc(-c2ccccc2)c1. The van der Waals surface area contributed by atoms with Gasteiger partial charge in [0.2, 0.25) is 0 Å². The Morgan fingerprint density at radius 3 is 2.42 bits per heavy atom. The zero-order valence-corrected chi connectivity index (χ0v) is 11.0. The van der Waals surface area contributed by atoms with Crippen molar-refractivity contribution in [3.63, 3.8) is 0 Å². The van der Waals surface area contributed by atoms with Crippen LogP contribution in [0.4, 0.5) is 0 Å². The van der Waals surface area contributed by atoms with Crippen LogP contribution in [0.1, 0.15) is 12.5 Å². The number of hydrogen-bond acceptors (Lipinski definition) is 0. The van der Waals surface area contributed by atoms with Crippen molar-refractivity contribution < 1.29 is 0 Å². The van der Waals surface area contributed by atoms with E-state index in [1.165, 1.54) is 11.1 Å².